The summed E-state index contributed by atoms with van der Waals surface area (Å²) in [5.41, 5.74) is 9.23. The molecule has 1 aliphatic rings. The van der Waals surface area contributed by atoms with Gasteiger partial charge in [0.15, 0.2) is 0 Å². The molecule has 108 valence electrons. The summed E-state index contributed by atoms with van der Waals surface area (Å²) in [5.74, 6) is 0.849. The summed E-state index contributed by atoms with van der Waals surface area (Å²) >= 11 is 0. The number of benzene rings is 2. The molecule has 4 N–H and O–H groups in total. The predicted octanol–water partition coefficient (Wildman–Crippen LogP) is 2.25. The van der Waals surface area contributed by atoms with Crippen molar-refractivity contribution < 1.29 is 9.53 Å². The number of nitrogens with one attached hydrogen (secondary N) is 2. The summed E-state index contributed by atoms with van der Waals surface area (Å²) in [6, 6.07) is 13.4. The smallest absolute Gasteiger partial charge is 0.228 e. The lowest BCUT2D eigenvalue weighted by Crippen LogP contribution is -2.12. The molecule has 2 aromatic rings. The molecule has 3 rings (SSSR count). The van der Waals surface area contributed by atoms with Crippen molar-refractivity contribution in [1.29, 1.82) is 0 Å². The largest absolute Gasteiger partial charge is 0.492 e. The van der Waals surface area contributed by atoms with E-state index in [9.17, 15) is 4.79 Å². The number of rotatable bonds is 5. The van der Waals surface area contributed by atoms with Crippen LogP contribution >= 0.6 is 0 Å². The maximum Gasteiger partial charge on any atom is 0.228 e. The average Bonchev–Trinajstić information content (AvgIpc) is 2.83. The van der Waals surface area contributed by atoms with E-state index < -0.39 is 0 Å². The fourth-order valence-electron chi connectivity index (χ4n) is 2.32. The van der Waals surface area contributed by atoms with E-state index in [4.69, 9.17) is 10.5 Å². The van der Waals surface area contributed by atoms with Gasteiger partial charge in [-0.3, -0.25) is 4.79 Å². The zero-order chi connectivity index (χ0) is 14.7. The third-order valence-electron chi connectivity index (χ3n) is 3.33. The predicted molar refractivity (Wildman–Crippen MR) is 83.6 cm³/mol. The zero-order valence-corrected chi connectivity index (χ0v) is 11.6. The number of fused-ring (bicyclic) bond motifs is 1. The van der Waals surface area contributed by atoms with Crippen LogP contribution in [0.2, 0.25) is 0 Å². The van der Waals surface area contributed by atoms with Gasteiger partial charge in [-0.15, -0.1) is 0 Å². The van der Waals surface area contributed by atoms with Crippen LogP contribution in [0.15, 0.2) is 42.5 Å². The van der Waals surface area contributed by atoms with Crippen molar-refractivity contribution in [3.05, 3.63) is 48.0 Å². The van der Waals surface area contributed by atoms with Crippen molar-refractivity contribution in [3.63, 3.8) is 0 Å². The lowest BCUT2D eigenvalue weighted by atomic mass is 10.1. The topological polar surface area (TPSA) is 76.4 Å². The van der Waals surface area contributed by atoms with E-state index in [-0.39, 0.29) is 5.91 Å². The van der Waals surface area contributed by atoms with Gasteiger partial charge in [-0.25, -0.2) is 0 Å². The van der Waals surface area contributed by atoms with Crippen LogP contribution in [0.3, 0.4) is 0 Å². The van der Waals surface area contributed by atoms with Crippen molar-refractivity contribution >= 4 is 23.0 Å². The fraction of sp³-hybridized carbons (Fsp3) is 0.188. The van der Waals surface area contributed by atoms with Gasteiger partial charge in [0.05, 0.1) is 17.8 Å². The summed E-state index contributed by atoms with van der Waals surface area (Å²) in [4.78, 5) is 11.3. The van der Waals surface area contributed by atoms with Crippen LogP contribution in [0.4, 0.5) is 17.1 Å². The Hall–Kier alpha value is -2.69. The van der Waals surface area contributed by atoms with Crippen molar-refractivity contribution in [2.24, 2.45) is 0 Å². The van der Waals surface area contributed by atoms with Crippen LogP contribution in [-0.2, 0) is 11.2 Å². The number of carbonyl (C=O) groups is 1. The van der Waals surface area contributed by atoms with Crippen LogP contribution in [0.25, 0.3) is 0 Å². The lowest BCUT2D eigenvalue weighted by molar-refractivity contribution is -0.115. The Morgan fingerprint density at radius 1 is 1.24 bits per heavy atom. The highest BCUT2D eigenvalue weighted by molar-refractivity contribution is 6.00. The van der Waals surface area contributed by atoms with Crippen molar-refractivity contribution in [1.82, 2.24) is 0 Å². The van der Waals surface area contributed by atoms with E-state index in [0.29, 0.717) is 25.3 Å². The molecule has 0 saturated carbocycles. The first-order valence-corrected chi connectivity index (χ1v) is 6.86. The number of hydrogen-bond acceptors (Lipinski definition) is 4. The molecule has 0 aliphatic carbocycles. The zero-order valence-electron chi connectivity index (χ0n) is 11.6. The van der Waals surface area contributed by atoms with E-state index in [0.717, 1.165) is 22.7 Å². The Morgan fingerprint density at radius 3 is 2.86 bits per heavy atom. The minimum Gasteiger partial charge on any atom is -0.492 e. The van der Waals surface area contributed by atoms with Gasteiger partial charge < -0.3 is 21.1 Å². The molecule has 21 heavy (non-hydrogen) atoms. The second-order valence-corrected chi connectivity index (χ2v) is 4.91. The number of amides is 1. The third kappa shape index (κ3) is 3.08. The van der Waals surface area contributed by atoms with E-state index in [1.165, 1.54) is 0 Å². The molecular weight excluding hydrogens is 266 g/mol. The standard InChI is InChI=1S/C16H17N3O2/c17-13-8-11-9-16(20)19-14(11)10-15(13)18-6-7-21-12-4-2-1-3-5-12/h1-5,8,10,18H,6-7,9,17H2,(H,19,20). The maximum atomic E-state index is 11.3. The molecule has 0 radical (unpaired) electrons. The second kappa shape index (κ2) is 5.75. The minimum absolute atomic E-state index is 0.00830. The first-order valence-electron chi connectivity index (χ1n) is 6.86. The van der Waals surface area contributed by atoms with Gasteiger partial charge >= 0.3 is 0 Å². The van der Waals surface area contributed by atoms with E-state index in [1.807, 2.05) is 42.5 Å². The lowest BCUT2D eigenvalue weighted by Gasteiger charge is -2.12. The van der Waals surface area contributed by atoms with Crippen LogP contribution in [0.5, 0.6) is 5.75 Å². The summed E-state index contributed by atoms with van der Waals surface area (Å²) in [7, 11) is 0. The normalized spacial score (nSPS) is 12.7. The highest BCUT2D eigenvalue weighted by atomic mass is 16.5. The van der Waals surface area contributed by atoms with Crippen molar-refractivity contribution in [3.8, 4) is 5.75 Å². The Balaban J connectivity index is 1.56. The van der Waals surface area contributed by atoms with Crippen LogP contribution in [0, 0.1) is 0 Å². The molecule has 0 spiro atoms. The molecule has 0 aromatic heterocycles. The first-order chi connectivity index (χ1) is 10.2. The van der Waals surface area contributed by atoms with Gasteiger partial charge in [0.1, 0.15) is 12.4 Å². The number of ether oxygens (including phenoxy) is 1. The minimum atomic E-state index is 0.00830. The molecular formula is C16H17N3O2. The van der Waals surface area contributed by atoms with Crippen LogP contribution in [0.1, 0.15) is 5.56 Å². The highest BCUT2D eigenvalue weighted by Crippen LogP contribution is 2.31. The Labute approximate surface area is 123 Å². The van der Waals surface area contributed by atoms with Crippen LogP contribution in [-0.4, -0.2) is 19.1 Å². The molecule has 2 aromatic carbocycles. The third-order valence-corrected chi connectivity index (χ3v) is 3.33. The number of nitrogens with two attached hydrogens (primary N) is 1. The molecule has 0 fully saturated rings. The molecule has 0 saturated heterocycles. The number of para-hydroxylation sites is 1. The summed E-state index contributed by atoms with van der Waals surface area (Å²) in [6.07, 6.45) is 0.400. The summed E-state index contributed by atoms with van der Waals surface area (Å²) in [6.45, 7) is 1.17. The monoisotopic (exact) mass is 283 g/mol. The molecule has 5 nitrogen and oxygen atoms in total. The quantitative estimate of drug-likeness (QED) is 0.581. The molecule has 1 amide bonds. The maximum absolute atomic E-state index is 11.3. The summed E-state index contributed by atoms with van der Waals surface area (Å²) in [5, 5.41) is 6.04. The fourth-order valence-corrected chi connectivity index (χ4v) is 2.32. The molecule has 1 heterocycles. The van der Waals surface area contributed by atoms with Crippen molar-refractivity contribution in [2.45, 2.75) is 6.42 Å². The van der Waals surface area contributed by atoms with E-state index >= 15 is 0 Å². The molecule has 1 aliphatic heterocycles. The Kier molecular flexibility index (Phi) is 3.64. The van der Waals surface area contributed by atoms with Crippen LogP contribution < -0.4 is 21.1 Å². The van der Waals surface area contributed by atoms with Crippen molar-refractivity contribution in [2.75, 3.05) is 29.5 Å². The van der Waals surface area contributed by atoms with Gasteiger partial charge in [0.25, 0.3) is 0 Å². The highest BCUT2D eigenvalue weighted by Gasteiger charge is 2.19. The van der Waals surface area contributed by atoms with Gasteiger partial charge in [0, 0.05) is 12.2 Å². The molecule has 0 atom stereocenters. The number of anilines is 3. The molecule has 0 bridgehead atoms. The first kappa shape index (κ1) is 13.3. The average molecular weight is 283 g/mol. The number of nitrogen functional groups attached to an aromatic ring is 1. The second-order valence-electron chi connectivity index (χ2n) is 4.91. The van der Waals surface area contributed by atoms with E-state index in [1.54, 1.807) is 0 Å². The SMILES string of the molecule is Nc1cc2c(cc1NCCOc1ccccc1)NC(=O)C2. The van der Waals surface area contributed by atoms with E-state index in [2.05, 4.69) is 10.6 Å². The molecule has 5 heteroatoms. The molecule has 0 unspecified atom stereocenters. The Bertz CT molecular complexity index is 656. The van der Waals surface area contributed by atoms with Gasteiger partial charge in [-0.1, -0.05) is 18.2 Å². The van der Waals surface area contributed by atoms with Gasteiger partial charge in [-0.2, -0.15) is 0 Å². The number of hydrogen-bond donors (Lipinski definition) is 3. The Morgan fingerprint density at radius 2 is 2.05 bits per heavy atom. The summed E-state index contributed by atoms with van der Waals surface area (Å²) < 4.78 is 5.60. The van der Waals surface area contributed by atoms with Gasteiger partial charge in [0.2, 0.25) is 5.91 Å². The number of carbonyl (C=O) groups excluding carboxylic acids is 1. The van der Waals surface area contributed by atoms with Gasteiger partial charge in [-0.05, 0) is 29.8 Å².